The van der Waals surface area contributed by atoms with Crippen molar-refractivity contribution in [3.63, 3.8) is 0 Å². The van der Waals surface area contributed by atoms with E-state index in [1.807, 2.05) is 39.8 Å². The van der Waals surface area contributed by atoms with Crippen molar-refractivity contribution in [1.29, 1.82) is 0 Å². The topological polar surface area (TPSA) is 81.7 Å². The Balaban J connectivity index is 4.38. The van der Waals surface area contributed by atoms with Gasteiger partial charge in [0.15, 0.2) is 0 Å². The summed E-state index contributed by atoms with van der Waals surface area (Å²) in [7, 11) is 0. The van der Waals surface area contributed by atoms with Crippen molar-refractivity contribution in [2.75, 3.05) is 19.6 Å². The summed E-state index contributed by atoms with van der Waals surface area (Å²) >= 11 is 0. The van der Waals surface area contributed by atoms with Crippen LogP contribution >= 0.6 is 0 Å². The van der Waals surface area contributed by atoms with Gasteiger partial charge in [0.25, 0.3) is 0 Å². The van der Waals surface area contributed by atoms with E-state index in [2.05, 4.69) is 27.7 Å². The van der Waals surface area contributed by atoms with Crippen LogP contribution in [0.1, 0.15) is 86.0 Å². The molecule has 0 aliphatic heterocycles. The lowest BCUT2D eigenvalue weighted by Crippen LogP contribution is -2.52. The number of carbonyl (C=O) groups excluding carboxylic acids is 2. The minimum absolute atomic E-state index is 0.0642. The molecule has 0 bridgehead atoms. The van der Waals surface area contributed by atoms with E-state index in [1.54, 1.807) is 6.92 Å². The van der Waals surface area contributed by atoms with Gasteiger partial charge in [-0.25, -0.2) is 0 Å². The maximum absolute atomic E-state index is 12.1. The molecule has 0 rings (SSSR count). The van der Waals surface area contributed by atoms with Crippen LogP contribution < -0.4 is 10.6 Å². The molecule has 0 saturated carbocycles. The van der Waals surface area contributed by atoms with Crippen molar-refractivity contribution < 1.29 is 14.7 Å². The fourth-order valence-electron chi connectivity index (χ4n) is 3.46. The molecule has 3 unspecified atom stereocenters. The van der Waals surface area contributed by atoms with Gasteiger partial charge in [-0.05, 0) is 73.1 Å². The molecule has 6 heteroatoms. The molecule has 0 radical (unpaired) electrons. The predicted molar refractivity (Wildman–Crippen MR) is 130 cm³/mol. The van der Waals surface area contributed by atoms with Crippen molar-refractivity contribution in [2.24, 2.45) is 0 Å². The Kier molecular flexibility index (Phi) is 18.0. The van der Waals surface area contributed by atoms with Gasteiger partial charge in [0, 0.05) is 44.6 Å². The highest BCUT2D eigenvalue weighted by molar-refractivity contribution is 5.76. The van der Waals surface area contributed by atoms with Gasteiger partial charge in [0.05, 0.1) is 6.10 Å². The lowest BCUT2D eigenvalue weighted by molar-refractivity contribution is -0.121. The number of rotatable bonds is 18. The highest BCUT2D eigenvalue weighted by Gasteiger charge is 2.22. The summed E-state index contributed by atoms with van der Waals surface area (Å²) in [5, 5.41) is 16.0. The first kappa shape index (κ1) is 29.3. The number of hydrogen-bond acceptors (Lipinski definition) is 4. The molecule has 6 nitrogen and oxygen atoms in total. The number of allylic oxidation sites excluding steroid dienone is 4. The van der Waals surface area contributed by atoms with Crippen LogP contribution in [0.2, 0.25) is 0 Å². The van der Waals surface area contributed by atoms with E-state index in [9.17, 15) is 14.7 Å². The molecule has 0 aromatic rings. The minimum Gasteiger partial charge on any atom is -0.392 e. The molecule has 0 aromatic heterocycles. The van der Waals surface area contributed by atoms with Crippen molar-refractivity contribution >= 4 is 11.8 Å². The van der Waals surface area contributed by atoms with Gasteiger partial charge >= 0.3 is 0 Å². The number of hydrogen-bond donors (Lipinski definition) is 3. The van der Waals surface area contributed by atoms with Gasteiger partial charge in [-0.1, -0.05) is 24.3 Å². The number of carbonyl (C=O) groups is 2. The maximum atomic E-state index is 12.1. The number of aliphatic hydroxyl groups excluding tert-OH is 1. The second kappa shape index (κ2) is 19.1. The molecule has 31 heavy (non-hydrogen) atoms. The van der Waals surface area contributed by atoms with E-state index < -0.39 is 6.10 Å². The average Bonchev–Trinajstić information content (AvgIpc) is 2.73. The first-order valence-corrected chi connectivity index (χ1v) is 12.0. The summed E-state index contributed by atoms with van der Waals surface area (Å²) in [5.41, 5.74) is 0. The zero-order chi connectivity index (χ0) is 23.5. The van der Waals surface area contributed by atoms with E-state index in [-0.39, 0.29) is 23.9 Å². The Morgan fingerprint density at radius 1 is 0.806 bits per heavy atom. The third-order valence-corrected chi connectivity index (χ3v) is 5.32. The molecule has 0 aliphatic rings. The molecule has 0 saturated heterocycles. The van der Waals surface area contributed by atoms with E-state index in [1.165, 1.54) is 0 Å². The fourth-order valence-corrected chi connectivity index (χ4v) is 3.46. The Hall–Kier alpha value is -1.66. The average molecular weight is 438 g/mol. The number of nitrogens with one attached hydrogen (secondary N) is 2. The van der Waals surface area contributed by atoms with Crippen molar-refractivity contribution in [1.82, 2.24) is 15.5 Å². The third-order valence-electron chi connectivity index (χ3n) is 5.32. The van der Waals surface area contributed by atoms with Crippen LogP contribution in [0.5, 0.6) is 0 Å². The predicted octanol–water partition coefficient (Wildman–Crippen LogP) is 3.95. The lowest BCUT2D eigenvalue weighted by Gasteiger charge is -2.35. The normalized spacial score (nSPS) is 14.8. The van der Waals surface area contributed by atoms with Crippen LogP contribution in [0, 0.1) is 0 Å². The van der Waals surface area contributed by atoms with Gasteiger partial charge in [0.1, 0.15) is 0 Å². The van der Waals surface area contributed by atoms with E-state index in [0.29, 0.717) is 32.5 Å². The molecule has 0 spiro atoms. The summed E-state index contributed by atoms with van der Waals surface area (Å²) in [6, 6.07) is 0.128. The second-order valence-electron chi connectivity index (χ2n) is 8.48. The van der Waals surface area contributed by atoms with Crippen LogP contribution in [0.15, 0.2) is 24.3 Å². The first-order chi connectivity index (χ1) is 14.8. The van der Waals surface area contributed by atoms with Crippen molar-refractivity contribution in [2.45, 2.75) is 104 Å². The third kappa shape index (κ3) is 16.7. The van der Waals surface area contributed by atoms with Gasteiger partial charge in [-0.3, -0.25) is 14.5 Å². The smallest absolute Gasteiger partial charge is 0.220 e. The standard InChI is InChI=1S/C25H47N3O3/c1-6-8-10-12-14-16-24(30)26-18-21(3)28(20-23(5)29)22(4)19-27-25(31)17-15-13-11-9-7-2/h6-9,21-23,29H,10-20H2,1-5H3,(H,26,30)(H,27,31)/b8-6+,9-7+. The van der Waals surface area contributed by atoms with Crippen molar-refractivity contribution in [3.8, 4) is 0 Å². The van der Waals surface area contributed by atoms with E-state index >= 15 is 0 Å². The molecule has 3 N–H and O–H groups in total. The zero-order valence-electron chi connectivity index (χ0n) is 20.5. The van der Waals surface area contributed by atoms with Crippen LogP contribution in [-0.4, -0.2) is 59.6 Å². The Morgan fingerprint density at radius 2 is 1.23 bits per heavy atom. The lowest BCUT2D eigenvalue weighted by atomic mass is 10.1. The van der Waals surface area contributed by atoms with E-state index in [4.69, 9.17) is 0 Å². The zero-order valence-corrected chi connectivity index (χ0v) is 20.5. The van der Waals surface area contributed by atoms with Gasteiger partial charge in [-0.15, -0.1) is 0 Å². The number of nitrogens with zero attached hydrogens (tertiary/aromatic N) is 1. The Bertz CT molecular complexity index is 490. The SMILES string of the molecule is C/C=C/CCCCC(=O)NCC(C)N(CC(C)O)C(C)CNC(=O)CCCC/C=C/C. The summed E-state index contributed by atoms with van der Waals surface area (Å²) in [6.45, 7) is 11.4. The highest BCUT2D eigenvalue weighted by Crippen LogP contribution is 2.08. The van der Waals surface area contributed by atoms with Crippen LogP contribution in [0.25, 0.3) is 0 Å². The van der Waals surface area contributed by atoms with Crippen LogP contribution in [0.3, 0.4) is 0 Å². The van der Waals surface area contributed by atoms with Gasteiger partial charge in [0.2, 0.25) is 11.8 Å². The second-order valence-corrected chi connectivity index (χ2v) is 8.48. The van der Waals surface area contributed by atoms with Crippen LogP contribution in [0.4, 0.5) is 0 Å². The molecule has 2 amide bonds. The number of aliphatic hydroxyl groups is 1. The quantitative estimate of drug-likeness (QED) is 0.224. The summed E-state index contributed by atoms with van der Waals surface area (Å²) in [5.74, 6) is 0.145. The highest BCUT2D eigenvalue weighted by atomic mass is 16.3. The molecular weight excluding hydrogens is 390 g/mol. The Labute approximate surface area is 190 Å². The molecule has 0 fully saturated rings. The fraction of sp³-hybridized carbons (Fsp3) is 0.760. The molecule has 0 aliphatic carbocycles. The summed E-state index contributed by atoms with van der Waals surface area (Å²) in [6.07, 6.45) is 14.8. The molecular formula is C25H47N3O3. The number of unbranched alkanes of at least 4 members (excludes halogenated alkanes) is 4. The Morgan fingerprint density at radius 3 is 1.58 bits per heavy atom. The van der Waals surface area contributed by atoms with E-state index in [0.717, 1.165) is 38.5 Å². The van der Waals surface area contributed by atoms with Gasteiger partial charge in [-0.2, -0.15) is 0 Å². The molecule has 180 valence electrons. The summed E-state index contributed by atoms with van der Waals surface area (Å²) < 4.78 is 0. The maximum Gasteiger partial charge on any atom is 0.220 e. The number of amides is 2. The van der Waals surface area contributed by atoms with Crippen LogP contribution in [-0.2, 0) is 9.59 Å². The monoisotopic (exact) mass is 437 g/mol. The summed E-state index contributed by atoms with van der Waals surface area (Å²) in [4.78, 5) is 26.4. The molecule has 0 heterocycles. The molecule has 3 atom stereocenters. The van der Waals surface area contributed by atoms with Crippen molar-refractivity contribution in [3.05, 3.63) is 24.3 Å². The van der Waals surface area contributed by atoms with Gasteiger partial charge < -0.3 is 15.7 Å². The largest absolute Gasteiger partial charge is 0.392 e. The minimum atomic E-state index is -0.477. The first-order valence-electron chi connectivity index (χ1n) is 12.0. The molecule has 0 aromatic carbocycles.